The fraction of sp³-hybridized carbons (Fsp3) is 0.778. The second-order valence-electron chi connectivity index (χ2n) is 4.53. The number of alkyl halides is 2. The molecule has 6 heteroatoms. The van der Waals surface area contributed by atoms with E-state index in [4.69, 9.17) is 10.00 Å². The monoisotopic (exact) mass is 218 g/mol. The van der Waals surface area contributed by atoms with Crippen LogP contribution in [0.2, 0.25) is 0 Å². The molecule has 1 N–H and O–H groups in total. The number of rotatable bonds is 1. The highest BCUT2D eigenvalue weighted by Gasteiger charge is 2.74. The van der Waals surface area contributed by atoms with Crippen LogP contribution in [0.25, 0.3) is 0 Å². The highest BCUT2D eigenvalue weighted by Crippen LogP contribution is 2.52. The molecule has 1 aliphatic rings. The van der Waals surface area contributed by atoms with Crippen molar-refractivity contribution in [1.82, 2.24) is 5.32 Å². The van der Waals surface area contributed by atoms with E-state index >= 15 is 0 Å². The van der Waals surface area contributed by atoms with Gasteiger partial charge < -0.3 is 4.74 Å². The summed E-state index contributed by atoms with van der Waals surface area (Å²) in [5.74, 6) is -3.15. The Labute approximate surface area is 86.2 Å². The summed E-state index contributed by atoms with van der Waals surface area (Å²) in [5, 5.41) is 10.4. The third kappa shape index (κ3) is 2.35. The highest BCUT2D eigenvalue weighted by atomic mass is 19.3. The molecule has 4 nitrogen and oxygen atoms in total. The average Bonchev–Trinajstić information content (AvgIpc) is 2.49. The van der Waals surface area contributed by atoms with Crippen molar-refractivity contribution in [2.75, 3.05) is 0 Å². The normalized spacial score (nSPS) is 27.7. The van der Waals surface area contributed by atoms with Crippen molar-refractivity contribution in [1.29, 1.82) is 5.26 Å². The Morgan fingerprint density at radius 1 is 1.53 bits per heavy atom. The van der Waals surface area contributed by atoms with Gasteiger partial charge in [0.05, 0.1) is 12.5 Å². The minimum Gasteiger partial charge on any atom is -0.444 e. The fourth-order valence-electron chi connectivity index (χ4n) is 1.05. The lowest BCUT2D eigenvalue weighted by atomic mass is 10.2. The molecule has 0 radical (unpaired) electrons. The van der Waals surface area contributed by atoms with Crippen molar-refractivity contribution < 1.29 is 18.3 Å². The number of carbonyl (C=O) groups excluding carboxylic acids is 1. The van der Waals surface area contributed by atoms with E-state index in [1.165, 1.54) is 6.07 Å². The summed E-state index contributed by atoms with van der Waals surface area (Å²) in [6.07, 6.45) is -1.66. The molecule has 0 aliphatic heterocycles. The van der Waals surface area contributed by atoms with Gasteiger partial charge in [-0.2, -0.15) is 5.26 Å². The van der Waals surface area contributed by atoms with Crippen molar-refractivity contribution in [3.05, 3.63) is 0 Å². The van der Waals surface area contributed by atoms with Crippen LogP contribution in [-0.2, 0) is 4.74 Å². The second kappa shape index (κ2) is 3.05. The van der Waals surface area contributed by atoms with Gasteiger partial charge in [0.2, 0.25) is 0 Å². The number of nitrogens with one attached hydrogen (secondary N) is 1. The molecule has 0 unspecified atom stereocenters. The summed E-state index contributed by atoms with van der Waals surface area (Å²) in [6.45, 7) is 4.82. The molecule has 0 aromatic heterocycles. The van der Waals surface area contributed by atoms with Crippen LogP contribution in [0, 0.1) is 11.3 Å². The van der Waals surface area contributed by atoms with Gasteiger partial charge in [-0.1, -0.05) is 0 Å². The van der Waals surface area contributed by atoms with Crippen LogP contribution in [0.5, 0.6) is 0 Å². The average molecular weight is 218 g/mol. The maximum absolute atomic E-state index is 12.8. The molecular formula is C9H12F2N2O2. The van der Waals surface area contributed by atoms with Crippen molar-refractivity contribution in [2.45, 2.75) is 44.3 Å². The summed E-state index contributed by atoms with van der Waals surface area (Å²) in [6, 6.07) is 1.40. The minimum atomic E-state index is -3.15. The Morgan fingerprint density at radius 2 is 2.00 bits per heavy atom. The first-order valence-corrected chi connectivity index (χ1v) is 4.42. The third-order valence-electron chi connectivity index (χ3n) is 1.89. The maximum Gasteiger partial charge on any atom is 0.409 e. The first-order valence-electron chi connectivity index (χ1n) is 4.42. The van der Waals surface area contributed by atoms with E-state index in [0.29, 0.717) is 0 Å². The molecule has 84 valence electrons. The molecule has 1 rings (SSSR count). The van der Waals surface area contributed by atoms with E-state index in [0.717, 1.165) is 0 Å². The predicted molar refractivity (Wildman–Crippen MR) is 47.3 cm³/mol. The standard InChI is InChI=1S/C9H12F2N2O2/c1-7(2,3)15-6(14)13-8(5-12)4-9(8,10)11/h4H2,1-3H3,(H,13,14)/t8-/m0/s1. The predicted octanol–water partition coefficient (Wildman–Crippen LogP) is 1.81. The molecule has 0 aromatic rings. The first-order chi connectivity index (χ1) is 6.62. The molecular weight excluding hydrogens is 206 g/mol. The van der Waals surface area contributed by atoms with Gasteiger partial charge in [-0.15, -0.1) is 0 Å². The van der Waals surface area contributed by atoms with Crippen LogP contribution in [0.4, 0.5) is 13.6 Å². The van der Waals surface area contributed by atoms with E-state index in [-0.39, 0.29) is 0 Å². The number of carbonyl (C=O) groups is 1. The van der Waals surface area contributed by atoms with Gasteiger partial charge in [0.15, 0.2) is 5.54 Å². The molecule has 0 aromatic carbocycles. The molecule has 1 aliphatic carbocycles. The lowest BCUT2D eigenvalue weighted by Crippen LogP contribution is -2.43. The Kier molecular flexibility index (Phi) is 2.38. The summed E-state index contributed by atoms with van der Waals surface area (Å²) < 4.78 is 30.3. The molecule has 1 saturated carbocycles. The smallest absolute Gasteiger partial charge is 0.409 e. The first kappa shape index (κ1) is 11.7. The maximum atomic E-state index is 12.8. The number of halogens is 2. The zero-order valence-corrected chi connectivity index (χ0v) is 8.73. The van der Waals surface area contributed by atoms with Gasteiger partial charge in [-0.05, 0) is 20.8 Å². The summed E-state index contributed by atoms with van der Waals surface area (Å²) in [7, 11) is 0. The van der Waals surface area contributed by atoms with Crippen molar-refractivity contribution in [3.63, 3.8) is 0 Å². The van der Waals surface area contributed by atoms with Gasteiger partial charge >= 0.3 is 6.09 Å². The Morgan fingerprint density at radius 3 is 2.27 bits per heavy atom. The zero-order valence-electron chi connectivity index (χ0n) is 8.73. The van der Waals surface area contributed by atoms with Gasteiger partial charge in [0, 0.05) is 0 Å². The van der Waals surface area contributed by atoms with E-state index in [1.54, 1.807) is 20.8 Å². The van der Waals surface area contributed by atoms with E-state index in [1.807, 2.05) is 5.32 Å². The second-order valence-corrected chi connectivity index (χ2v) is 4.53. The topological polar surface area (TPSA) is 62.1 Å². The van der Waals surface area contributed by atoms with Gasteiger partial charge in [0.25, 0.3) is 5.92 Å². The SMILES string of the molecule is CC(C)(C)OC(=O)N[C@]1(C#N)CC1(F)F. The summed E-state index contributed by atoms with van der Waals surface area (Å²) in [4.78, 5) is 11.1. The van der Waals surface area contributed by atoms with Crippen LogP contribution < -0.4 is 5.32 Å². The van der Waals surface area contributed by atoms with Crippen molar-refractivity contribution >= 4 is 6.09 Å². The van der Waals surface area contributed by atoms with Crippen LogP contribution in [0.15, 0.2) is 0 Å². The van der Waals surface area contributed by atoms with Crippen LogP contribution in [0.1, 0.15) is 27.2 Å². The van der Waals surface area contributed by atoms with Gasteiger partial charge in [-0.3, -0.25) is 5.32 Å². The number of hydrogen-bond donors (Lipinski definition) is 1. The number of ether oxygens (including phenoxy) is 1. The lowest BCUT2D eigenvalue weighted by Gasteiger charge is -2.21. The number of hydrogen-bond acceptors (Lipinski definition) is 3. The number of alkyl carbamates (subject to hydrolysis) is 1. The number of nitriles is 1. The molecule has 1 atom stereocenters. The largest absolute Gasteiger partial charge is 0.444 e. The third-order valence-corrected chi connectivity index (χ3v) is 1.89. The summed E-state index contributed by atoms with van der Waals surface area (Å²) >= 11 is 0. The van der Waals surface area contributed by atoms with Crippen LogP contribution in [0.3, 0.4) is 0 Å². The molecule has 0 heterocycles. The Bertz CT molecular complexity index is 330. The Balaban J connectivity index is 2.58. The van der Waals surface area contributed by atoms with E-state index in [9.17, 15) is 13.6 Å². The molecule has 15 heavy (non-hydrogen) atoms. The zero-order chi connectivity index (χ0) is 11.9. The summed E-state index contributed by atoms with van der Waals surface area (Å²) in [5.41, 5.74) is -2.85. The van der Waals surface area contributed by atoms with Crippen LogP contribution >= 0.6 is 0 Å². The molecule has 0 bridgehead atoms. The molecule has 1 amide bonds. The minimum absolute atomic E-state index is 0.657. The number of nitrogens with zero attached hydrogens (tertiary/aromatic N) is 1. The van der Waals surface area contributed by atoms with Gasteiger partial charge in [0.1, 0.15) is 5.60 Å². The fourth-order valence-corrected chi connectivity index (χ4v) is 1.05. The van der Waals surface area contributed by atoms with Crippen molar-refractivity contribution in [3.8, 4) is 6.07 Å². The number of amides is 1. The van der Waals surface area contributed by atoms with E-state index < -0.39 is 29.6 Å². The molecule has 0 saturated heterocycles. The Hall–Kier alpha value is -1.38. The van der Waals surface area contributed by atoms with Crippen LogP contribution in [-0.4, -0.2) is 23.2 Å². The highest BCUT2D eigenvalue weighted by molar-refractivity contribution is 5.71. The van der Waals surface area contributed by atoms with E-state index in [2.05, 4.69) is 0 Å². The molecule has 0 spiro atoms. The quantitative estimate of drug-likeness (QED) is 0.730. The molecule has 1 fully saturated rings. The van der Waals surface area contributed by atoms with Gasteiger partial charge in [-0.25, -0.2) is 13.6 Å². The lowest BCUT2D eigenvalue weighted by molar-refractivity contribution is 0.0418. The van der Waals surface area contributed by atoms with Crippen molar-refractivity contribution in [2.24, 2.45) is 0 Å².